The molecule has 0 aromatic carbocycles. The first-order valence-electron chi connectivity index (χ1n) is 32.7. The van der Waals surface area contributed by atoms with Gasteiger partial charge in [0, 0.05) is 118 Å². The van der Waals surface area contributed by atoms with Crippen LogP contribution < -0.4 is 0 Å². The number of rotatable bonds is 30. The molecule has 5 saturated heterocycles. The van der Waals surface area contributed by atoms with Crippen molar-refractivity contribution in [2.75, 3.05) is 33.0 Å². The molecule has 0 saturated carbocycles. The van der Waals surface area contributed by atoms with Crippen LogP contribution in [-0.2, 0) is 205 Å². The first kappa shape index (κ1) is 88.3. The van der Waals surface area contributed by atoms with Crippen molar-refractivity contribution >= 4 is 101 Å². The van der Waals surface area contributed by atoms with Crippen molar-refractivity contribution in [1.82, 2.24) is 0 Å². The van der Waals surface area contributed by atoms with Gasteiger partial charge < -0.3 is 123 Å². The van der Waals surface area contributed by atoms with Crippen LogP contribution in [0.1, 0.15) is 118 Å². The normalized spacial score (nSPS) is 32.3. The molecule has 5 rings (SSSR count). The molecule has 0 aromatic heterocycles. The van der Waals surface area contributed by atoms with E-state index in [1.807, 2.05) is 0 Å². The molecular formula is C64H86O43. The average molecular weight is 1540 g/mol. The SMILES string of the molecule is CC(=O)OC[C@H]1O[C@H](O[C@H]2[C@H](OC(C)=O)[C@@H](OC(C)=O)[C@@H](O[C@H]3[C@H](OC(C)=O)[C@@H](OC(C)=O)[C@@H](O[C@H]4[C@H](OC(C)=O)[C@@H](OC(C)=O)[C@@H](O[C@H]5[C@H](OC(C)=O)[C@@H](OC(C)=O)[C@@H](OC(C)=O)O[C@@H]5COC(C)=O)O[C@@H]4COC(C)=O)O[C@@H]3COC(C)=O)O[C@@H]2COC(C)=O)[C@H](OC(C)=O)[C@@H](OC(C)=O)[C@@H]1OC(C)=O. The number of esters is 17. The van der Waals surface area contributed by atoms with Crippen molar-refractivity contribution in [2.24, 2.45) is 0 Å². The second-order valence-corrected chi connectivity index (χ2v) is 24.1. The molecule has 0 aliphatic carbocycles. The second-order valence-electron chi connectivity index (χ2n) is 24.1. The minimum atomic E-state index is -2.34. The number of hydrogen-bond donors (Lipinski definition) is 0. The van der Waals surface area contributed by atoms with Crippen LogP contribution in [0.4, 0.5) is 0 Å². The molecule has 600 valence electrons. The van der Waals surface area contributed by atoms with E-state index >= 15 is 0 Å². The average Bonchev–Trinajstić information content (AvgIpc) is 0.761. The third kappa shape index (κ3) is 26.8. The lowest BCUT2D eigenvalue weighted by molar-refractivity contribution is -0.393. The Hall–Kier alpha value is -9.37. The van der Waals surface area contributed by atoms with Gasteiger partial charge in [0.1, 0.15) is 88.0 Å². The molecule has 5 fully saturated rings. The quantitative estimate of drug-likeness (QED) is 0.0543. The minimum Gasteiger partial charge on any atom is -0.463 e. The maximum atomic E-state index is 13.6. The Kier molecular flexibility index (Phi) is 33.4. The first-order chi connectivity index (χ1) is 50.0. The predicted octanol–water partition coefficient (Wildman–Crippen LogP) is -2.22. The van der Waals surface area contributed by atoms with Crippen LogP contribution in [0.3, 0.4) is 0 Å². The van der Waals surface area contributed by atoms with Crippen LogP contribution in [0.2, 0.25) is 0 Å². The summed E-state index contributed by atoms with van der Waals surface area (Å²) >= 11 is 0. The molecule has 0 spiro atoms. The van der Waals surface area contributed by atoms with E-state index in [-0.39, 0.29) is 0 Å². The fourth-order valence-corrected chi connectivity index (χ4v) is 11.6. The summed E-state index contributed by atoms with van der Waals surface area (Å²) in [5.41, 5.74) is 0. The van der Waals surface area contributed by atoms with E-state index < -0.39 is 288 Å². The van der Waals surface area contributed by atoms with E-state index in [1.165, 1.54) is 0 Å². The lowest BCUT2D eigenvalue weighted by Crippen LogP contribution is -2.70. The van der Waals surface area contributed by atoms with E-state index in [0.29, 0.717) is 0 Å². The smallest absolute Gasteiger partial charge is 0.305 e. The Morgan fingerprint density at radius 1 is 0.168 bits per heavy atom. The second kappa shape index (κ2) is 40.5. The molecule has 25 atom stereocenters. The highest BCUT2D eigenvalue weighted by molar-refractivity contribution is 5.72. The van der Waals surface area contributed by atoms with E-state index in [1.54, 1.807) is 0 Å². The zero-order chi connectivity index (χ0) is 80.2. The van der Waals surface area contributed by atoms with Gasteiger partial charge in [-0.25, -0.2) is 0 Å². The van der Waals surface area contributed by atoms with E-state index in [0.717, 1.165) is 118 Å². The van der Waals surface area contributed by atoms with Crippen LogP contribution in [0.25, 0.3) is 0 Å². The summed E-state index contributed by atoms with van der Waals surface area (Å²) < 4.78 is 152. The number of carbonyl (C=O) groups is 17. The first-order valence-corrected chi connectivity index (χ1v) is 32.7. The van der Waals surface area contributed by atoms with Gasteiger partial charge >= 0.3 is 101 Å². The van der Waals surface area contributed by atoms with Gasteiger partial charge in [0.05, 0.1) is 0 Å². The highest BCUT2D eigenvalue weighted by Crippen LogP contribution is 2.42. The summed E-state index contributed by atoms with van der Waals surface area (Å²) in [4.78, 5) is 221. The third-order valence-electron chi connectivity index (χ3n) is 15.0. The largest absolute Gasteiger partial charge is 0.463 e. The van der Waals surface area contributed by atoms with Crippen molar-refractivity contribution in [3.63, 3.8) is 0 Å². The predicted molar refractivity (Wildman–Crippen MR) is 329 cm³/mol. The maximum absolute atomic E-state index is 13.6. The van der Waals surface area contributed by atoms with Gasteiger partial charge in [-0.1, -0.05) is 0 Å². The van der Waals surface area contributed by atoms with Crippen LogP contribution in [-0.4, -0.2) is 288 Å². The molecule has 43 heteroatoms. The Morgan fingerprint density at radius 2 is 0.308 bits per heavy atom. The van der Waals surface area contributed by atoms with E-state index in [9.17, 15) is 81.5 Å². The standard InChI is InChI=1S/C64H86O43/c1-23(65)82-18-40-45(87-28(6)70)50(88-29(7)71)56(94-35(13)77)61(100-40)105-47-42(20-84-25(3)67)102-63(58(96-37(15)79)52(47)90-31(9)73)107-49-44(22-86-27(5)69)103-64(59(97-38(16)80)54(49)92-33(11)75)106-48-43(21-85-26(4)68)101-62(57(95-36(14)78)53(48)91-32(10)74)104-46-41(19-83-24(2)66)99-60(98-39(17)81)55(93-34(12)76)51(46)89-30(8)72/h40-64H,18-22H2,1-17H3/t40-,41-,42-,43-,44-,45-,46-,47-,48-,49-,50+,51+,52+,53+,54+,55-,56-,57-,58-,59-,60+,61-,62-,63-,64-/m1/s1. The number of carbonyl (C=O) groups excluding carboxylic acids is 17. The molecular weight excluding hydrogens is 1460 g/mol. The summed E-state index contributed by atoms with van der Waals surface area (Å²) in [6.45, 7) is 10.8. The molecule has 0 N–H and O–H groups in total. The molecule has 0 unspecified atom stereocenters. The van der Waals surface area contributed by atoms with Crippen LogP contribution in [0.15, 0.2) is 0 Å². The van der Waals surface area contributed by atoms with Gasteiger partial charge in [0.2, 0.25) is 12.4 Å². The van der Waals surface area contributed by atoms with Crippen molar-refractivity contribution in [3.8, 4) is 0 Å². The van der Waals surface area contributed by atoms with Crippen LogP contribution in [0.5, 0.6) is 0 Å². The highest BCUT2D eigenvalue weighted by atomic mass is 16.8. The monoisotopic (exact) mass is 1540 g/mol. The van der Waals surface area contributed by atoms with Gasteiger partial charge in [-0.05, 0) is 0 Å². The van der Waals surface area contributed by atoms with Crippen LogP contribution in [0, 0.1) is 0 Å². The van der Waals surface area contributed by atoms with E-state index in [4.69, 9.17) is 123 Å². The van der Waals surface area contributed by atoms with Gasteiger partial charge in [-0.15, -0.1) is 0 Å². The third-order valence-corrected chi connectivity index (χ3v) is 15.0. The van der Waals surface area contributed by atoms with Crippen molar-refractivity contribution in [2.45, 2.75) is 271 Å². The fraction of sp³-hybridized carbons (Fsp3) is 0.734. The van der Waals surface area contributed by atoms with Crippen LogP contribution >= 0.6 is 0 Å². The molecule has 0 radical (unpaired) electrons. The van der Waals surface area contributed by atoms with Gasteiger partial charge in [-0.3, -0.25) is 81.5 Å². The molecule has 0 aromatic rings. The van der Waals surface area contributed by atoms with Gasteiger partial charge in [0.15, 0.2) is 86.2 Å². The number of ether oxygens (including phenoxy) is 26. The Morgan fingerprint density at radius 3 is 0.486 bits per heavy atom. The van der Waals surface area contributed by atoms with Crippen molar-refractivity contribution < 1.29 is 205 Å². The lowest BCUT2D eigenvalue weighted by Gasteiger charge is -2.51. The number of hydrogen-bond acceptors (Lipinski definition) is 43. The fourth-order valence-electron chi connectivity index (χ4n) is 11.6. The summed E-state index contributed by atoms with van der Waals surface area (Å²) in [5.74, 6) is -18.7. The minimum absolute atomic E-state index is 0.792. The lowest BCUT2D eigenvalue weighted by atomic mass is 9.94. The Bertz CT molecular complexity index is 3240. The Balaban J connectivity index is 1.74. The zero-order valence-electron chi connectivity index (χ0n) is 61.0. The maximum Gasteiger partial charge on any atom is 0.305 e. The summed E-state index contributed by atoms with van der Waals surface area (Å²) in [5, 5.41) is 0. The Labute approximate surface area is 608 Å². The zero-order valence-corrected chi connectivity index (χ0v) is 61.0. The van der Waals surface area contributed by atoms with Gasteiger partial charge in [0.25, 0.3) is 0 Å². The summed E-state index contributed by atoms with van der Waals surface area (Å²) in [6.07, 6.45) is -51.5. The van der Waals surface area contributed by atoms with E-state index in [2.05, 4.69) is 0 Å². The van der Waals surface area contributed by atoms with Gasteiger partial charge in [-0.2, -0.15) is 0 Å². The molecule has 5 heterocycles. The summed E-state index contributed by atoms with van der Waals surface area (Å²) in [7, 11) is 0. The molecule has 5 aliphatic rings. The molecule has 0 bridgehead atoms. The topological polar surface area (TPSA) is 530 Å². The molecule has 5 aliphatic heterocycles. The van der Waals surface area contributed by atoms with Crippen molar-refractivity contribution in [1.29, 1.82) is 0 Å². The highest BCUT2D eigenvalue weighted by Gasteiger charge is 2.63. The summed E-state index contributed by atoms with van der Waals surface area (Å²) in [6, 6.07) is 0. The molecule has 107 heavy (non-hydrogen) atoms. The molecule has 0 amide bonds. The molecule has 43 nitrogen and oxygen atoms in total. The van der Waals surface area contributed by atoms with Crippen molar-refractivity contribution in [3.05, 3.63) is 0 Å².